The van der Waals surface area contributed by atoms with Gasteiger partial charge in [-0.25, -0.2) is 0 Å². The van der Waals surface area contributed by atoms with Crippen LogP contribution in [0.5, 0.6) is 0 Å². The zero-order valence-corrected chi connectivity index (χ0v) is 17.9. The Morgan fingerprint density at radius 3 is 1.67 bits per heavy atom. The molecule has 0 spiro atoms. The number of halogens is 1. The Kier molecular flexibility index (Phi) is 19.2. The van der Waals surface area contributed by atoms with E-state index in [1.54, 1.807) is 0 Å². The van der Waals surface area contributed by atoms with Gasteiger partial charge in [0.15, 0.2) is 0 Å². The highest BCUT2D eigenvalue weighted by molar-refractivity contribution is 9.09. The molecular weight excluding hydrogens is 364 g/mol. The van der Waals surface area contributed by atoms with E-state index in [1.165, 1.54) is 77.0 Å². The fourth-order valence-corrected chi connectivity index (χ4v) is 3.30. The summed E-state index contributed by atoms with van der Waals surface area (Å²) in [6.07, 6.45) is 19.3. The van der Waals surface area contributed by atoms with E-state index >= 15 is 0 Å². The minimum absolute atomic E-state index is 0.00332. The Bertz CT molecular complexity index is 253. The molecule has 24 heavy (non-hydrogen) atoms. The average Bonchev–Trinajstić information content (AvgIpc) is 2.58. The molecule has 0 aromatic heterocycles. The van der Waals surface area contributed by atoms with Crippen molar-refractivity contribution >= 4 is 21.9 Å². The van der Waals surface area contributed by atoms with E-state index in [0.717, 1.165) is 24.6 Å². The molecule has 0 aromatic carbocycles. The molecule has 3 heteroatoms. The van der Waals surface area contributed by atoms with Crippen LogP contribution in [0.15, 0.2) is 0 Å². The van der Waals surface area contributed by atoms with Crippen molar-refractivity contribution in [2.75, 3.05) is 5.33 Å². The van der Waals surface area contributed by atoms with Crippen molar-refractivity contribution in [2.24, 2.45) is 0 Å². The van der Waals surface area contributed by atoms with Crippen LogP contribution in [-0.2, 0) is 9.53 Å². The Labute approximate surface area is 159 Å². The predicted molar refractivity (Wildman–Crippen MR) is 109 cm³/mol. The molecule has 2 nitrogen and oxygen atoms in total. The second-order valence-corrected chi connectivity index (χ2v) is 7.81. The molecule has 0 aromatic rings. The van der Waals surface area contributed by atoms with Gasteiger partial charge < -0.3 is 4.74 Å². The highest BCUT2D eigenvalue weighted by Crippen LogP contribution is 2.17. The lowest BCUT2D eigenvalue weighted by atomic mass is 10.0. The maximum absolute atomic E-state index is 11.9. The SMILES string of the molecule is CCCCCCCCC(CCCCCCCC)OC(=O)CCCBr. The fraction of sp³-hybridized carbons (Fsp3) is 0.952. The zero-order valence-electron chi connectivity index (χ0n) is 16.3. The van der Waals surface area contributed by atoms with Crippen molar-refractivity contribution in [3.05, 3.63) is 0 Å². The van der Waals surface area contributed by atoms with Crippen molar-refractivity contribution in [2.45, 2.75) is 123 Å². The lowest BCUT2D eigenvalue weighted by Crippen LogP contribution is -2.18. The molecule has 0 atom stereocenters. The summed E-state index contributed by atoms with van der Waals surface area (Å²) in [7, 11) is 0. The molecule has 0 bridgehead atoms. The first-order valence-electron chi connectivity index (χ1n) is 10.5. The van der Waals surface area contributed by atoms with Crippen LogP contribution in [0, 0.1) is 0 Å². The summed E-state index contributed by atoms with van der Waals surface area (Å²) in [6.45, 7) is 4.51. The van der Waals surface area contributed by atoms with Gasteiger partial charge in [0.1, 0.15) is 6.10 Å². The summed E-state index contributed by atoms with van der Waals surface area (Å²) in [5.41, 5.74) is 0. The summed E-state index contributed by atoms with van der Waals surface area (Å²) < 4.78 is 5.75. The van der Waals surface area contributed by atoms with Crippen LogP contribution < -0.4 is 0 Å². The van der Waals surface area contributed by atoms with Crippen molar-refractivity contribution in [1.29, 1.82) is 0 Å². The Balaban J connectivity index is 3.93. The maximum atomic E-state index is 11.9. The summed E-state index contributed by atoms with van der Waals surface area (Å²) in [6, 6.07) is 0. The van der Waals surface area contributed by atoms with Gasteiger partial charge in [-0.3, -0.25) is 4.79 Å². The molecule has 0 saturated heterocycles. The number of alkyl halides is 1. The molecule has 0 heterocycles. The van der Waals surface area contributed by atoms with Crippen LogP contribution in [0.2, 0.25) is 0 Å². The average molecular weight is 405 g/mol. The van der Waals surface area contributed by atoms with Crippen molar-refractivity contribution in [1.82, 2.24) is 0 Å². The first-order valence-corrected chi connectivity index (χ1v) is 11.6. The highest BCUT2D eigenvalue weighted by Gasteiger charge is 2.13. The van der Waals surface area contributed by atoms with E-state index in [4.69, 9.17) is 4.74 Å². The fourth-order valence-electron chi connectivity index (χ4n) is 3.02. The van der Waals surface area contributed by atoms with Crippen molar-refractivity contribution in [3.63, 3.8) is 0 Å². The van der Waals surface area contributed by atoms with Gasteiger partial charge in [-0.05, 0) is 32.1 Å². The van der Waals surface area contributed by atoms with E-state index in [0.29, 0.717) is 6.42 Å². The number of rotatable bonds is 18. The molecule has 144 valence electrons. The lowest BCUT2D eigenvalue weighted by molar-refractivity contribution is -0.149. The zero-order chi connectivity index (χ0) is 17.9. The second-order valence-electron chi connectivity index (χ2n) is 7.02. The normalized spacial score (nSPS) is 11.2. The van der Waals surface area contributed by atoms with Gasteiger partial charge in [-0.15, -0.1) is 0 Å². The third-order valence-corrected chi connectivity index (χ3v) is 5.13. The van der Waals surface area contributed by atoms with Gasteiger partial charge in [-0.2, -0.15) is 0 Å². The van der Waals surface area contributed by atoms with Crippen molar-refractivity contribution < 1.29 is 9.53 Å². The van der Waals surface area contributed by atoms with Gasteiger partial charge in [0.25, 0.3) is 0 Å². The summed E-state index contributed by atoms with van der Waals surface area (Å²) >= 11 is 3.38. The Hall–Kier alpha value is -0.0500. The molecule has 0 N–H and O–H groups in total. The van der Waals surface area contributed by atoms with Gasteiger partial charge in [0.05, 0.1) is 0 Å². The molecule has 0 saturated carbocycles. The van der Waals surface area contributed by atoms with E-state index in [9.17, 15) is 4.79 Å². The van der Waals surface area contributed by atoms with Gasteiger partial charge in [0.2, 0.25) is 0 Å². The van der Waals surface area contributed by atoms with Gasteiger partial charge >= 0.3 is 5.97 Å². The quantitative estimate of drug-likeness (QED) is 0.133. The molecule has 0 radical (unpaired) electrons. The Morgan fingerprint density at radius 2 is 1.21 bits per heavy atom. The number of hydrogen-bond donors (Lipinski definition) is 0. The molecule has 0 aliphatic carbocycles. The van der Waals surface area contributed by atoms with Crippen LogP contribution in [0.4, 0.5) is 0 Å². The molecule has 0 aliphatic heterocycles. The van der Waals surface area contributed by atoms with Gasteiger partial charge in [-0.1, -0.05) is 94.0 Å². The topological polar surface area (TPSA) is 26.3 Å². The molecule has 0 fully saturated rings. The summed E-state index contributed by atoms with van der Waals surface area (Å²) in [4.78, 5) is 11.9. The number of esters is 1. The van der Waals surface area contributed by atoms with E-state index < -0.39 is 0 Å². The summed E-state index contributed by atoms with van der Waals surface area (Å²) in [5.74, 6) is -0.00332. The molecule has 0 rings (SSSR count). The van der Waals surface area contributed by atoms with E-state index in [1.807, 2.05) is 0 Å². The number of carbonyl (C=O) groups is 1. The summed E-state index contributed by atoms with van der Waals surface area (Å²) in [5, 5.41) is 0.877. The first kappa shape index (κ1) is 23.9. The standard InChI is InChI=1S/C21H41BrO2/c1-3-5-7-9-11-13-16-20(24-21(23)18-15-19-22)17-14-12-10-8-6-4-2/h20H,3-19H2,1-2H3. The molecular formula is C21H41BrO2. The maximum Gasteiger partial charge on any atom is 0.306 e. The minimum atomic E-state index is -0.00332. The van der Waals surface area contributed by atoms with Crippen LogP contribution in [-0.4, -0.2) is 17.4 Å². The highest BCUT2D eigenvalue weighted by atomic mass is 79.9. The molecule has 0 amide bonds. The van der Waals surface area contributed by atoms with E-state index in [2.05, 4.69) is 29.8 Å². The van der Waals surface area contributed by atoms with E-state index in [-0.39, 0.29) is 12.1 Å². The second kappa shape index (κ2) is 19.3. The van der Waals surface area contributed by atoms with Gasteiger partial charge in [0, 0.05) is 11.8 Å². The smallest absolute Gasteiger partial charge is 0.306 e. The minimum Gasteiger partial charge on any atom is -0.462 e. The van der Waals surface area contributed by atoms with Crippen LogP contribution in [0.25, 0.3) is 0 Å². The van der Waals surface area contributed by atoms with Crippen LogP contribution in [0.3, 0.4) is 0 Å². The number of carbonyl (C=O) groups excluding carboxylic acids is 1. The van der Waals surface area contributed by atoms with Crippen molar-refractivity contribution in [3.8, 4) is 0 Å². The predicted octanol–water partition coefficient (Wildman–Crippen LogP) is 7.57. The number of ether oxygens (including phenoxy) is 1. The third-order valence-electron chi connectivity index (χ3n) is 4.57. The van der Waals surface area contributed by atoms with Crippen LogP contribution in [0.1, 0.15) is 117 Å². The monoisotopic (exact) mass is 404 g/mol. The Morgan fingerprint density at radius 1 is 0.750 bits per heavy atom. The number of hydrogen-bond acceptors (Lipinski definition) is 2. The third kappa shape index (κ3) is 16.8. The first-order chi connectivity index (χ1) is 11.7. The largest absolute Gasteiger partial charge is 0.462 e. The molecule has 0 unspecified atom stereocenters. The van der Waals surface area contributed by atoms with Crippen LogP contribution >= 0.6 is 15.9 Å². The number of unbranched alkanes of at least 4 members (excludes halogenated alkanes) is 10. The lowest BCUT2D eigenvalue weighted by Gasteiger charge is -2.18. The molecule has 0 aliphatic rings.